The summed E-state index contributed by atoms with van der Waals surface area (Å²) in [5.41, 5.74) is 3.56. The van der Waals surface area contributed by atoms with Gasteiger partial charge < -0.3 is 9.64 Å². The molecule has 0 bridgehead atoms. The van der Waals surface area contributed by atoms with E-state index in [1.807, 2.05) is 30.0 Å². The van der Waals surface area contributed by atoms with E-state index in [9.17, 15) is 4.79 Å². The fourth-order valence-electron chi connectivity index (χ4n) is 5.18. The molecule has 1 fully saturated rings. The Labute approximate surface area is 195 Å². The van der Waals surface area contributed by atoms with E-state index in [1.165, 1.54) is 16.0 Å². The molecule has 2 atom stereocenters. The molecule has 9 heteroatoms. The SMILES string of the molecule is Cc1nnc2n1-c1sc3c(c1C(c1ccccc1Cl)NC2)CC(C(=O)N1CCOCC1)C3. The van der Waals surface area contributed by atoms with Gasteiger partial charge in [0.05, 0.1) is 25.8 Å². The van der Waals surface area contributed by atoms with E-state index in [-0.39, 0.29) is 17.9 Å². The molecule has 1 amide bonds. The summed E-state index contributed by atoms with van der Waals surface area (Å²) in [6, 6.07) is 7.94. The predicted molar refractivity (Wildman–Crippen MR) is 122 cm³/mol. The number of nitrogens with one attached hydrogen (secondary N) is 1. The van der Waals surface area contributed by atoms with E-state index in [1.54, 1.807) is 11.3 Å². The Hall–Kier alpha value is -2.26. The van der Waals surface area contributed by atoms with E-state index in [0.717, 1.165) is 40.1 Å². The molecule has 0 spiro atoms. The monoisotopic (exact) mass is 469 g/mol. The maximum Gasteiger partial charge on any atom is 0.226 e. The van der Waals surface area contributed by atoms with E-state index < -0.39 is 0 Å². The average molecular weight is 470 g/mol. The van der Waals surface area contributed by atoms with Gasteiger partial charge in [-0.05, 0) is 37.0 Å². The van der Waals surface area contributed by atoms with Crippen molar-refractivity contribution in [2.24, 2.45) is 5.92 Å². The number of thiophene rings is 1. The Balaban J connectivity index is 1.43. The molecule has 7 nitrogen and oxygen atoms in total. The van der Waals surface area contributed by atoms with Crippen LogP contribution in [0.3, 0.4) is 0 Å². The van der Waals surface area contributed by atoms with E-state index in [2.05, 4.69) is 26.1 Å². The number of hydrogen-bond donors (Lipinski definition) is 1. The Kier molecular flexibility index (Phi) is 5.06. The summed E-state index contributed by atoms with van der Waals surface area (Å²) in [5.74, 6) is 2.03. The number of aryl methyl sites for hydroxylation is 1. The highest BCUT2D eigenvalue weighted by atomic mass is 35.5. The lowest BCUT2D eigenvalue weighted by Crippen LogP contribution is -2.44. The zero-order valence-electron chi connectivity index (χ0n) is 17.8. The predicted octanol–water partition coefficient (Wildman–Crippen LogP) is 3.06. The van der Waals surface area contributed by atoms with E-state index in [0.29, 0.717) is 32.8 Å². The van der Waals surface area contributed by atoms with Crippen molar-refractivity contribution < 1.29 is 9.53 Å². The molecular formula is C23H24ClN5O2S. The lowest BCUT2D eigenvalue weighted by molar-refractivity contribution is -0.139. The van der Waals surface area contributed by atoms with Crippen LogP contribution in [-0.4, -0.2) is 51.9 Å². The van der Waals surface area contributed by atoms with Crippen molar-refractivity contribution in [3.63, 3.8) is 0 Å². The number of aromatic nitrogens is 3. The third kappa shape index (κ3) is 3.20. The third-order valence-corrected chi connectivity index (χ3v) is 8.33. The topological polar surface area (TPSA) is 72.3 Å². The number of halogens is 1. The summed E-state index contributed by atoms with van der Waals surface area (Å²) in [6.45, 7) is 5.23. The molecule has 32 heavy (non-hydrogen) atoms. The molecule has 3 aliphatic rings. The minimum atomic E-state index is -0.0583. The number of ether oxygens (including phenoxy) is 1. The molecule has 2 aromatic heterocycles. The van der Waals surface area contributed by atoms with Gasteiger partial charge in [0.25, 0.3) is 0 Å². The lowest BCUT2D eigenvalue weighted by atomic mass is 9.94. The Morgan fingerprint density at radius 3 is 2.84 bits per heavy atom. The zero-order chi connectivity index (χ0) is 21.8. The number of fused-ring (bicyclic) bond motifs is 5. The van der Waals surface area contributed by atoms with Crippen LogP contribution in [0.25, 0.3) is 5.00 Å². The summed E-state index contributed by atoms with van der Waals surface area (Å²) in [5, 5.41) is 14.3. The van der Waals surface area contributed by atoms with Gasteiger partial charge in [0, 0.05) is 34.5 Å². The number of hydrogen-bond acceptors (Lipinski definition) is 6. The van der Waals surface area contributed by atoms with Crippen LogP contribution < -0.4 is 5.32 Å². The summed E-state index contributed by atoms with van der Waals surface area (Å²) in [7, 11) is 0. The first-order chi connectivity index (χ1) is 15.6. The maximum absolute atomic E-state index is 13.2. The molecular weight excluding hydrogens is 446 g/mol. The zero-order valence-corrected chi connectivity index (χ0v) is 19.4. The number of carbonyl (C=O) groups is 1. The molecule has 166 valence electrons. The Morgan fingerprint density at radius 2 is 2.03 bits per heavy atom. The highest BCUT2D eigenvalue weighted by Gasteiger charge is 2.39. The molecule has 6 rings (SSSR count). The van der Waals surface area contributed by atoms with Crippen LogP contribution in [-0.2, 0) is 28.9 Å². The highest BCUT2D eigenvalue weighted by Crippen LogP contribution is 2.47. The smallest absolute Gasteiger partial charge is 0.226 e. The van der Waals surface area contributed by atoms with Crippen LogP contribution in [0.5, 0.6) is 0 Å². The second-order valence-electron chi connectivity index (χ2n) is 8.60. The number of morpholine rings is 1. The minimum Gasteiger partial charge on any atom is -0.378 e. The first-order valence-corrected chi connectivity index (χ1v) is 12.2. The van der Waals surface area contributed by atoms with Crippen LogP contribution in [0.15, 0.2) is 24.3 Å². The molecule has 2 aliphatic heterocycles. The van der Waals surface area contributed by atoms with Crippen molar-refractivity contribution >= 4 is 28.8 Å². The molecule has 0 saturated carbocycles. The number of carbonyl (C=O) groups excluding carboxylic acids is 1. The van der Waals surface area contributed by atoms with Gasteiger partial charge in [0.1, 0.15) is 10.8 Å². The molecule has 0 radical (unpaired) electrons. The quantitative estimate of drug-likeness (QED) is 0.624. The summed E-state index contributed by atoms with van der Waals surface area (Å²) >= 11 is 8.42. The average Bonchev–Trinajstić information content (AvgIpc) is 3.45. The third-order valence-electron chi connectivity index (χ3n) is 6.73. The first-order valence-electron chi connectivity index (χ1n) is 11.0. The summed E-state index contributed by atoms with van der Waals surface area (Å²) in [6.07, 6.45) is 1.55. The summed E-state index contributed by atoms with van der Waals surface area (Å²) < 4.78 is 7.60. The lowest BCUT2D eigenvalue weighted by Gasteiger charge is -2.29. The van der Waals surface area contributed by atoms with E-state index in [4.69, 9.17) is 16.3 Å². The van der Waals surface area contributed by atoms with Crippen LogP contribution in [0.2, 0.25) is 5.02 Å². The number of rotatable bonds is 2. The molecule has 2 unspecified atom stereocenters. The van der Waals surface area contributed by atoms with Crippen LogP contribution in [0.1, 0.15) is 39.3 Å². The molecule has 1 aromatic carbocycles. The fraction of sp³-hybridized carbons (Fsp3) is 0.435. The van der Waals surface area contributed by atoms with Gasteiger partial charge in [0.2, 0.25) is 5.91 Å². The highest BCUT2D eigenvalue weighted by molar-refractivity contribution is 7.15. The molecule has 3 aromatic rings. The summed E-state index contributed by atoms with van der Waals surface area (Å²) in [4.78, 5) is 16.5. The van der Waals surface area contributed by atoms with Crippen molar-refractivity contribution in [3.05, 3.63) is 62.5 Å². The standard InChI is InChI=1S/C23H24ClN5O2S/c1-13-26-27-19-12-25-21(15-4-2-3-5-17(15)24)20-16-10-14(11-18(16)32-23(20)29(13)19)22(30)28-6-8-31-9-7-28/h2-5,14,21,25H,6-12H2,1H3. The first kappa shape index (κ1) is 20.4. The van der Waals surface area contributed by atoms with Gasteiger partial charge in [0.15, 0.2) is 5.82 Å². The molecule has 4 heterocycles. The second-order valence-corrected chi connectivity index (χ2v) is 10.1. The van der Waals surface area contributed by atoms with Crippen LogP contribution >= 0.6 is 22.9 Å². The maximum atomic E-state index is 13.2. The fourth-order valence-corrected chi connectivity index (χ4v) is 6.94. The largest absolute Gasteiger partial charge is 0.378 e. The van der Waals surface area contributed by atoms with Crippen molar-refractivity contribution in [1.29, 1.82) is 0 Å². The van der Waals surface area contributed by atoms with Crippen LogP contribution in [0.4, 0.5) is 0 Å². The number of benzene rings is 1. The van der Waals surface area contributed by atoms with Crippen molar-refractivity contribution in [3.8, 4) is 5.00 Å². The van der Waals surface area contributed by atoms with E-state index >= 15 is 0 Å². The normalized spacial score (nSPS) is 22.2. The van der Waals surface area contributed by atoms with Gasteiger partial charge in [-0.3, -0.25) is 14.7 Å². The van der Waals surface area contributed by atoms with Crippen molar-refractivity contribution in [2.75, 3.05) is 26.3 Å². The van der Waals surface area contributed by atoms with Crippen molar-refractivity contribution in [2.45, 2.75) is 32.4 Å². The van der Waals surface area contributed by atoms with Gasteiger partial charge >= 0.3 is 0 Å². The Morgan fingerprint density at radius 1 is 1.22 bits per heavy atom. The molecule has 1 saturated heterocycles. The number of nitrogens with zero attached hydrogens (tertiary/aromatic N) is 4. The van der Waals surface area contributed by atoms with Crippen molar-refractivity contribution in [1.82, 2.24) is 25.0 Å². The molecule has 1 N–H and O–H groups in total. The van der Waals surface area contributed by atoms with Gasteiger partial charge in [-0.25, -0.2) is 0 Å². The van der Waals surface area contributed by atoms with Gasteiger partial charge in [-0.2, -0.15) is 0 Å². The second kappa shape index (κ2) is 7.95. The Bertz CT molecular complexity index is 1200. The molecule has 1 aliphatic carbocycles. The minimum absolute atomic E-state index is 0.00345. The van der Waals surface area contributed by atoms with Gasteiger partial charge in [-0.15, -0.1) is 21.5 Å². The van der Waals surface area contributed by atoms with Crippen LogP contribution in [0, 0.1) is 12.8 Å². The van der Waals surface area contributed by atoms with Gasteiger partial charge in [-0.1, -0.05) is 29.8 Å². The number of amides is 1.